The van der Waals surface area contributed by atoms with Gasteiger partial charge in [-0.05, 0) is 20.3 Å². The van der Waals surface area contributed by atoms with E-state index in [4.69, 9.17) is 5.26 Å². The van der Waals surface area contributed by atoms with Gasteiger partial charge in [-0.3, -0.25) is 5.32 Å². The molecule has 2 rings (SSSR count). The molecule has 0 saturated heterocycles. The van der Waals surface area contributed by atoms with Crippen molar-refractivity contribution in [2.45, 2.75) is 38.9 Å². The van der Waals surface area contributed by atoms with Gasteiger partial charge in [0.25, 0.3) is 0 Å². The fourth-order valence-corrected chi connectivity index (χ4v) is 2.19. The van der Waals surface area contributed by atoms with Gasteiger partial charge in [-0.15, -0.1) is 0 Å². The molecule has 0 radical (unpaired) electrons. The Bertz CT molecular complexity index is 566. The lowest BCUT2D eigenvalue weighted by atomic mass is 10.2. The topological polar surface area (TPSA) is 53.6 Å². The van der Waals surface area contributed by atoms with Crippen molar-refractivity contribution in [1.82, 2.24) is 14.9 Å². The molecule has 1 atom stereocenters. The third kappa shape index (κ3) is 3.69. The van der Waals surface area contributed by atoms with Crippen LogP contribution < -0.4 is 5.32 Å². The van der Waals surface area contributed by atoms with E-state index in [-0.39, 0.29) is 6.04 Å². The summed E-state index contributed by atoms with van der Waals surface area (Å²) in [6, 6.07) is 12.6. The molecule has 0 aliphatic carbocycles. The van der Waals surface area contributed by atoms with E-state index in [2.05, 4.69) is 34.8 Å². The van der Waals surface area contributed by atoms with E-state index in [1.165, 1.54) is 0 Å². The van der Waals surface area contributed by atoms with Gasteiger partial charge in [0, 0.05) is 30.5 Å². The first-order chi connectivity index (χ1) is 9.70. The Balaban J connectivity index is 2.05. The lowest BCUT2D eigenvalue weighted by Crippen LogP contribution is -2.34. The number of nitriles is 1. The van der Waals surface area contributed by atoms with Gasteiger partial charge in [0.05, 0.1) is 12.1 Å². The predicted octanol–water partition coefficient (Wildman–Crippen LogP) is 2.83. The highest BCUT2D eigenvalue weighted by atomic mass is 15.1. The fraction of sp³-hybridized carbons (Fsp3) is 0.375. The first kappa shape index (κ1) is 14.3. The van der Waals surface area contributed by atoms with Crippen molar-refractivity contribution < 1.29 is 0 Å². The number of benzene rings is 1. The summed E-state index contributed by atoms with van der Waals surface area (Å²) in [6.45, 7) is 4.89. The monoisotopic (exact) mass is 268 g/mol. The average molecular weight is 268 g/mol. The highest BCUT2D eigenvalue weighted by molar-refractivity contribution is 5.55. The van der Waals surface area contributed by atoms with Crippen molar-refractivity contribution in [3.8, 4) is 17.5 Å². The van der Waals surface area contributed by atoms with E-state index >= 15 is 0 Å². The van der Waals surface area contributed by atoms with Crippen LogP contribution in [0.3, 0.4) is 0 Å². The maximum Gasteiger partial charge on any atom is 0.139 e. The van der Waals surface area contributed by atoms with Crippen LogP contribution in [-0.4, -0.2) is 21.6 Å². The largest absolute Gasteiger partial charge is 0.331 e. The Morgan fingerprint density at radius 1 is 1.30 bits per heavy atom. The minimum atomic E-state index is -0.124. The van der Waals surface area contributed by atoms with Crippen LogP contribution in [0.15, 0.2) is 42.7 Å². The van der Waals surface area contributed by atoms with Crippen LogP contribution in [0.1, 0.15) is 20.3 Å². The summed E-state index contributed by atoms with van der Waals surface area (Å²) in [5.74, 6) is 0.951. The predicted molar refractivity (Wildman–Crippen MR) is 80.0 cm³/mol. The minimum absolute atomic E-state index is 0.124. The van der Waals surface area contributed by atoms with Gasteiger partial charge in [-0.25, -0.2) is 4.98 Å². The number of rotatable bonds is 6. The van der Waals surface area contributed by atoms with E-state index in [1.54, 1.807) is 6.20 Å². The number of hydrogen-bond acceptors (Lipinski definition) is 3. The summed E-state index contributed by atoms with van der Waals surface area (Å²) in [5, 5.41) is 12.4. The molecule has 1 aromatic carbocycles. The summed E-state index contributed by atoms with van der Waals surface area (Å²) < 4.78 is 2.10. The van der Waals surface area contributed by atoms with Crippen molar-refractivity contribution in [3.63, 3.8) is 0 Å². The second kappa shape index (κ2) is 6.88. The number of nitrogens with one attached hydrogen (secondary N) is 1. The Morgan fingerprint density at radius 3 is 2.70 bits per heavy atom. The quantitative estimate of drug-likeness (QED) is 0.876. The van der Waals surface area contributed by atoms with Crippen LogP contribution in [-0.2, 0) is 6.54 Å². The second-order valence-electron chi connectivity index (χ2n) is 5.10. The highest BCUT2D eigenvalue weighted by Gasteiger charge is 2.11. The zero-order chi connectivity index (χ0) is 14.4. The van der Waals surface area contributed by atoms with E-state index < -0.39 is 0 Å². The first-order valence-electron chi connectivity index (χ1n) is 6.93. The summed E-state index contributed by atoms with van der Waals surface area (Å²) in [6.07, 6.45) is 4.54. The first-order valence-corrected chi connectivity index (χ1v) is 6.93. The zero-order valence-corrected chi connectivity index (χ0v) is 12.0. The molecule has 0 spiro atoms. The van der Waals surface area contributed by atoms with E-state index in [9.17, 15) is 0 Å². The van der Waals surface area contributed by atoms with Crippen molar-refractivity contribution >= 4 is 0 Å². The molecule has 1 unspecified atom stereocenters. The number of nitrogens with zero attached hydrogens (tertiary/aromatic N) is 3. The molecule has 0 aliphatic heterocycles. The minimum Gasteiger partial charge on any atom is -0.331 e. The zero-order valence-electron chi connectivity index (χ0n) is 12.0. The Morgan fingerprint density at radius 2 is 2.05 bits per heavy atom. The molecule has 104 valence electrons. The fourth-order valence-electron chi connectivity index (χ4n) is 2.19. The normalized spacial score (nSPS) is 12.3. The third-order valence-electron chi connectivity index (χ3n) is 3.10. The van der Waals surface area contributed by atoms with Crippen LogP contribution >= 0.6 is 0 Å². The van der Waals surface area contributed by atoms with Crippen molar-refractivity contribution in [2.75, 3.05) is 0 Å². The molecular formula is C16H20N4. The summed E-state index contributed by atoms with van der Waals surface area (Å²) in [4.78, 5) is 4.41. The Hall–Kier alpha value is -2.12. The molecule has 4 nitrogen and oxygen atoms in total. The van der Waals surface area contributed by atoms with Crippen molar-refractivity contribution in [1.29, 1.82) is 5.26 Å². The molecule has 4 heteroatoms. The number of imidazole rings is 1. The molecule has 20 heavy (non-hydrogen) atoms. The molecule has 1 aromatic heterocycles. The van der Waals surface area contributed by atoms with Crippen LogP contribution in [0.5, 0.6) is 0 Å². The molecule has 0 bridgehead atoms. The number of hydrogen-bond donors (Lipinski definition) is 1. The van der Waals surface area contributed by atoms with E-state index in [1.807, 2.05) is 36.5 Å². The maximum atomic E-state index is 9.15. The van der Waals surface area contributed by atoms with E-state index in [0.717, 1.165) is 24.4 Å². The van der Waals surface area contributed by atoms with Gasteiger partial charge in [0.1, 0.15) is 5.82 Å². The molecule has 0 aliphatic rings. The molecule has 1 N–H and O–H groups in total. The van der Waals surface area contributed by atoms with Crippen LogP contribution in [0.4, 0.5) is 0 Å². The van der Waals surface area contributed by atoms with Gasteiger partial charge >= 0.3 is 0 Å². The smallest absolute Gasteiger partial charge is 0.139 e. The van der Waals surface area contributed by atoms with Gasteiger partial charge in [-0.2, -0.15) is 5.26 Å². The van der Waals surface area contributed by atoms with Gasteiger partial charge < -0.3 is 4.57 Å². The van der Waals surface area contributed by atoms with Crippen molar-refractivity contribution in [3.05, 3.63) is 42.7 Å². The van der Waals surface area contributed by atoms with Crippen LogP contribution in [0.25, 0.3) is 11.4 Å². The molecule has 2 aromatic rings. The molecule has 0 fully saturated rings. The summed E-state index contributed by atoms with van der Waals surface area (Å²) in [7, 11) is 0. The average Bonchev–Trinajstić information content (AvgIpc) is 2.92. The van der Waals surface area contributed by atoms with Crippen LogP contribution in [0, 0.1) is 11.3 Å². The van der Waals surface area contributed by atoms with Gasteiger partial charge in [0.15, 0.2) is 0 Å². The van der Waals surface area contributed by atoms with Gasteiger partial charge in [0.2, 0.25) is 0 Å². The third-order valence-corrected chi connectivity index (χ3v) is 3.10. The molecule has 0 saturated carbocycles. The SMILES string of the molecule is CC(C)NC(C#N)CCn1ccnc1-c1ccccc1. The summed E-state index contributed by atoms with van der Waals surface area (Å²) in [5.41, 5.74) is 1.10. The molecule has 1 heterocycles. The highest BCUT2D eigenvalue weighted by Crippen LogP contribution is 2.17. The molecule has 0 amide bonds. The Labute approximate surface area is 120 Å². The number of aromatic nitrogens is 2. The maximum absolute atomic E-state index is 9.15. The number of aryl methyl sites for hydroxylation is 1. The standard InChI is InChI=1S/C16H20N4/c1-13(2)19-15(12-17)8-10-20-11-9-18-16(20)14-6-4-3-5-7-14/h3-7,9,11,13,15,19H,8,10H2,1-2H3. The van der Waals surface area contributed by atoms with Crippen molar-refractivity contribution in [2.24, 2.45) is 0 Å². The lowest BCUT2D eigenvalue weighted by Gasteiger charge is -2.15. The summed E-state index contributed by atoms with van der Waals surface area (Å²) >= 11 is 0. The van der Waals surface area contributed by atoms with Gasteiger partial charge in [-0.1, -0.05) is 30.3 Å². The van der Waals surface area contributed by atoms with E-state index in [0.29, 0.717) is 6.04 Å². The second-order valence-corrected chi connectivity index (χ2v) is 5.10. The van der Waals surface area contributed by atoms with Crippen LogP contribution in [0.2, 0.25) is 0 Å². The molecular weight excluding hydrogens is 248 g/mol. The Kier molecular flexibility index (Phi) is 4.91. The lowest BCUT2D eigenvalue weighted by molar-refractivity contribution is 0.478.